The maximum atomic E-state index is 13.4. The van der Waals surface area contributed by atoms with Gasteiger partial charge in [0.05, 0.1) is 5.02 Å². The van der Waals surface area contributed by atoms with Crippen molar-refractivity contribution in [2.75, 3.05) is 0 Å². The van der Waals surface area contributed by atoms with Gasteiger partial charge in [0.25, 0.3) is 0 Å². The van der Waals surface area contributed by atoms with Gasteiger partial charge in [-0.25, -0.2) is 9.37 Å². The van der Waals surface area contributed by atoms with Crippen LogP contribution in [0.25, 0.3) is 5.69 Å². The fourth-order valence-corrected chi connectivity index (χ4v) is 2.99. The van der Waals surface area contributed by atoms with Crippen molar-refractivity contribution in [2.24, 2.45) is 5.16 Å². The van der Waals surface area contributed by atoms with Crippen LogP contribution in [0.5, 0.6) is 0 Å². The molecule has 2 aromatic carbocycles. The Hall–Kier alpha value is -2.99. The van der Waals surface area contributed by atoms with Crippen LogP contribution in [0.1, 0.15) is 27.3 Å². The number of oxime groups is 1. The molecule has 24 heavy (non-hydrogen) atoms. The molecule has 1 heterocycles. The zero-order valence-electron chi connectivity index (χ0n) is 12.1. The Morgan fingerprint density at radius 3 is 2.62 bits per heavy atom. The molecule has 7 heteroatoms. The largest absolute Gasteiger partial charge is 0.410 e. The van der Waals surface area contributed by atoms with Crippen molar-refractivity contribution in [3.05, 3.63) is 82.1 Å². The van der Waals surface area contributed by atoms with Gasteiger partial charge in [0, 0.05) is 16.8 Å². The topological polar surface area (TPSA) is 67.5 Å². The molecule has 0 spiro atoms. The number of nitrogens with zero attached hydrogens (tertiary/aromatic N) is 3. The second-order valence-electron chi connectivity index (χ2n) is 5.23. The molecule has 0 saturated carbocycles. The SMILES string of the molecule is O=C1c2ccccc2C(=NO)c2ncn(-c3ccc(F)c(Cl)c3)c21. The van der Waals surface area contributed by atoms with Crippen LogP contribution in [0, 0.1) is 5.82 Å². The van der Waals surface area contributed by atoms with Crippen LogP contribution in [0.4, 0.5) is 4.39 Å². The zero-order chi connectivity index (χ0) is 16.8. The number of hydrogen-bond donors (Lipinski definition) is 1. The molecule has 1 N–H and O–H groups in total. The van der Waals surface area contributed by atoms with Gasteiger partial charge in [0.1, 0.15) is 29.2 Å². The van der Waals surface area contributed by atoms with Crippen molar-refractivity contribution in [2.45, 2.75) is 0 Å². The average Bonchev–Trinajstić information content (AvgIpc) is 3.03. The van der Waals surface area contributed by atoms with E-state index in [9.17, 15) is 14.4 Å². The Kier molecular flexibility index (Phi) is 3.21. The Bertz CT molecular complexity index is 1030. The molecule has 0 aliphatic heterocycles. The van der Waals surface area contributed by atoms with Gasteiger partial charge in [-0.1, -0.05) is 41.0 Å². The first-order valence-electron chi connectivity index (χ1n) is 7.01. The first-order valence-corrected chi connectivity index (χ1v) is 7.39. The number of halogens is 2. The Balaban J connectivity index is 1.97. The molecule has 5 nitrogen and oxygen atoms in total. The van der Waals surface area contributed by atoms with Crippen molar-refractivity contribution in [3.63, 3.8) is 0 Å². The lowest BCUT2D eigenvalue weighted by Crippen LogP contribution is -2.23. The predicted molar refractivity (Wildman–Crippen MR) is 85.8 cm³/mol. The van der Waals surface area contributed by atoms with Crippen LogP contribution in [0.15, 0.2) is 53.9 Å². The highest BCUT2D eigenvalue weighted by molar-refractivity contribution is 6.31. The first kappa shape index (κ1) is 14.6. The molecule has 4 rings (SSSR count). The number of benzene rings is 2. The van der Waals surface area contributed by atoms with Gasteiger partial charge in [-0.3, -0.25) is 9.36 Å². The highest BCUT2D eigenvalue weighted by Crippen LogP contribution is 2.29. The molecular weight excluding hydrogens is 333 g/mol. The third kappa shape index (κ3) is 1.97. The average molecular weight is 342 g/mol. The second-order valence-corrected chi connectivity index (χ2v) is 5.64. The van der Waals surface area contributed by atoms with E-state index in [4.69, 9.17) is 11.6 Å². The summed E-state index contributed by atoms with van der Waals surface area (Å²) < 4.78 is 14.9. The zero-order valence-corrected chi connectivity index (χ0v) is 12.8. The Morgan fingerprint density at radius 1 is 1.17 bits per heavy atom. The lowest BCUT2D eigenvalue weighted by molar-refractivity contribution is 0.103. The van der Waals surface area contributed by atoms with Crippen LogP contribution in [0.3, 0.4) is 0 Å². The predicted octanol–water partition coefficient (Wildman–Crippen LogP) is 3.44. The molecule has 3 aromatic rings. The maximum Gasteiger partial charge on any atom is 0.212 e. The van der Waals surface area contributed by atoms with E-state index in [2.05, 4.69) is 10.1 Å². The quantitative estimate of drug-likeness (QED) is 0.426. The van der Waals surface area contributed by atoms with E-state index in [0.717, 1.165) is 0 Å². The number of carbonyl (C=O) groups excluding carboxylic acids is 1. The lowest BCUT2D eigenvalue weighted by atomic mass is 9.89. The maximum absolute atomic E-state index is 13.4. The molecule has 118 valence electrons. The van der Waals surface area contributed by atoms with E-state index >= 15 is 0 Å². The van der Waals surface area contributed by atoms with E-state index in [-0.39, 0.29) is 27.9 Å². The van der Waals surface area contributed by atoms with Gasteiger partial charge in [-0.15, -0.1) is 0 Å². The van der Waals surface area contributed by atoms with Crippen molar-refractivity contribution < 1.29 is 14.4 Å². The number of ketones is 1. The molecule has 0 radical (unpaired) electrons. The van der Waals surface area contributed by atoms with E-state index in [1.165, 1.54) is 29.1 Å². The van der Waals surface area contributed by atoms with Crippen molar-refractivity contribution in [3.8, 4) is 5.69 Å². The molecule has 1 aliphatic carbocycles. The van der Waals surface area contributed by atoms with Gasteiger partial charge in [-0.2, -0.15) is 0 Å². The van der Waals surface area contributed by atoms with Crippen LogP contribution < -0.4 is 0 Å². The number of hydrogen-bond acceptors (Lipinski definition) is 4. The molecule has 0 fully saturated rings. The minimum atomic E-state index is -0.552. The molecule has 0 amide bonds. The number of carbonyl (C=O) groups is 1. The fraction of sp³-hybridized carbons (Fsp3) is 0. The fourth-order valence-electron chi connectivity index (χ4n) is 2.81. The van der Waals surface area contributed by atoms with Crippen LogP contribution >= 0.6 is 11.6 Å². The Labute approximate surface area is 140 Å². The monoisotopic (exact) mass is 341 g/mol. The summed E-state index contributed by atoms with van der Waals surface area (Å²) in [6.07, 6.45) is 1.42. The third-order valence-electron chi connectivity index (χ3n) is 3.92. The van der Waals surface area contributed by atoms with Gasteiger partial charge in [0.15, 0.2) is 0 Å². The van der Waals surface area contributed by atoms with Crippen LogP contribution in [-0.4, -0.2) is 26.3 Å². The summed E-state index contributed by atoms with van der Waals surface area (Å²) in [7, 11) is 0. The normalized spacial score (nSPS) is 14.6. The molecular formula is C17H9ClFN3O2. The van der Waals surface area contributed by atoms with Crippen LogP contribution in [-0.2, 0) is 0 Å². The van der Waals surface area contributed by atoms with Gasteiger partial charge in [0.2, 0.25) is 5.78 Å². The van der Waals surface area contributed by atoms with Crippen molar-refractivity contribution in [1.82, 2.24) is 9.55 Å². The third-order valence-corrected chi connectivity index (χ3v) is 4.20. The summed E-state index contributed by atoms with van der Waals surface area (Å²) in [5.41, 5.74) is 2.13. The number of rotatable bonds is 1. The lowest BCUT2D eigenvalue weighted by Gasteiger charge is -2.17. The molecule has 1 aliphatic rings. The number of imidazole rings is 1. The summed E-state index contributed by atoms with van der Waals surface area (Å²) in [5, 5.41) is 12.6. The number of fused-ring (bicyclic) bond motifs is 2. The standard InChI is InChI=1S/C17H9ClFN3O2/c18-12-7-9(5-6-13(12)19)22-8-20-15-14(21-24)10-3-1-2-4-11(10)17(23)16(15)22/h1-8,24H. The van der Waals surface area contributed by atoms with E-state index in [1.807, 2.05) is 0 Å². The summed E-state index contributed by atoms with van der Waals surface area (Å²) >= 11 is 5.83. The summed E-state index contributed by atoms with van der Waals surface area (Å²) in [6.45, 7) is 0. The smallest absolute Gasteiger partial charge is 0.212 e. The molecule has 0 saturated heterocycles. The van der Waals surface area contributed by atoms with Gasteiger partial charge >= 0.3 is 0 Å². The highest BCUT2D eigenvalue weighted by Gasteiger charge is 2.33. The van der Waals surface area contributed by atoms with Gasteiger partial charge in [-0.05, 0) is 18.2 Å². The summed E-state index contributed by atoms with van der Waals surface area (Å²) in [4.78, 5) is 17.1. The second kappa shape index (κ2) is 5.28. The molecule has 1 aromatic heterocycles. The van der Waals surface area contributed by atoms with Crippen molar-refractivity contribution in [1.29, 1.82) is 0 Å². The minimum Gasteiger partial charge on any atom is -0.410 e. The van der Waals surface area contributed by atoms with Crippen molar-refractivity contribution >= 4 is 23.1 Å². The minimum absolute atomic E-state index is 0.0605. The van der Waals surface area contributed by atoms with E-state index in [1.54, 1.807) is 24.3 Å². The first-order chi connectivity index (χ1) is 11.6. The molecule has 0 atom stereocenters. The van der Waals surface area contributed by atoms with Gasteiger partial charge < -0.3 is 5.21 Å². The molecule has 0 unspecified atom stereocenters. The van der Waals surface area contributed by atoms with E-state index in [0.29, 0.717) is 16.8 Å². The van der Waals surface area contributed by atoms with Crippen LogP contribution in [0.2, 0.25) is 5.02 Å². The summed E-state index contributed by atoms with van der Waals surface area (Å²) in [5.74, 6) is -0.811. The summed E-state index contributed by atoms with van der Waals surface area (Å²) in [6, 6.07) is 10.9. The Morgan fingerprint density at radius 2 is 1.92 bits per heavy atom. The number of aromatic nitrogens is 2. The van der Waals surface area contributed by atoms with E-state index < -0.39 is 5.82 Å². The molecule has 0 bridgehead atoms. The highest BCUT2D eigenvalue weighted by atomic mass is 35.5.